The lowest BCUT2D eigenvalue weighted by Crippen LogP contribution is -2.44. The number of carbonyl (C=O) groups excluding carboxylic acids is 1. The standard InChI is InChI=1S/C16H24N2O2/c1-20-16(9-5-10-16)12-15(19)18-11-8-14(17)13-6-3-2-4-7-13/h2-4,6-7,14H,5,8-12,17H2,1H3,(H,18,19). The molecule has 1 aliphatic rings. The molecule has 20 heavy (non-hydrogen) atoms. The van der Waals surface area contributed by atoms with Gasteiger partial charge in [0.25, 0.3) is 0 Å². The van der Waals surface area contributed by atoms with Crippen molar-refractivity contribution in [3.05, 3.63) is 35.9 Å². The van der Waals surface area contributed by atoms with Crippen LogP contribution in [0.15, 0.2) is 30.3 Å². The topological polar surface area (TPSA) is 64.3 Å². The summed E-state index contributed by atoms with van der Waals surface area (Å²) in [7, 11) is 1.69. The van der Waals surface area contributed by atoms with E-state index < -0.39 is 0 Å². The normalized spacial score (nSPS) is 18.1. The van der Waals surface area contributed by atoms with Crippen LogP contribution in [0.1, 0.15) is 43.7 Å². The molecule has 1 atom stereocenters. The molecule has 110 valence electrons. The Morgan fingerprint density at radius 1 is 1.40 bits per heavy atom. The van der Waals surface area contributed by atoms with Gasteiger partial charge in [-0.1, -0.05) is 30.3 Å². The molecule has 1 amide bonds. The molecule has 0 aliphatic heterocycles. The number of benzene rings is 1. The molecule has 1 saturated carbocycles. The zero-order valence-corrected chi connectivity index (χ0v) is 12.1. The van der Waals surface area contributed by atoms with Crippen molar-refractivity contribution in [3.63, 3.8) is 0 Å². The summed E-state index contributed by atoms with van der Waals surface area (Å²) >= 11 is 0. The highest BCUT2D eigenvalue weighted by Crippen LogP contribution is 2.37. The van der Waals surface area contributed by atoms with Crippen molar-refractivity contribution in [2.75, 3.05) is 13.7 Å². The highest BCUT2D eigenvalue weighted by Gasteiger charge is 2.38. The molecule has 0 heterocycles. The summed E-state index contributed by atoms with van der Waals surface area (Å²) in [6, 6.07) is 9.93. The maximum Gasteiger partial charge on any atom is 0.222 e. The third-order valence-corrected chi connectivity index (χ3v) is 4.19. The van der Waals surface area contributed by atoms with Crippen LogP contribution in [0.5, 0.6) is 0 Å². The molecule has 0 aromatic heterocycles. The average Bonchev–Trinajstić information content (AvgIpc) is 2.43. The molecular weight excluding hydrogens is 252 g/mol. The lowest BCUT2D eigenvalue weighted by molar-refractivity contribution is -0.134. The Morgan fingerprint density at radius 3 is 2.65 bits per heavy atom. The Kier molecular flexibility index (Phi) is 5.15. The lowest BCUT2D eigenvalue weighted by Gasteiger charge is -2.39. The Balaban J connectivity index is 1.69. The smallest absolute Gasteiger partial charge is 0.222 e. The first-order valence-corrected chi connectivity index (χ1v) is 7.28. The van der Waals surface area contributed by atoms with Gasteiger partial charge < -0.3 is 15.8 Å². The fourth-order valence-corrected chi connectivity index (χ4v) is 2.61. The van der Waals surface area contributed by atoms with Gasteiger partial charge >= 0.3 is 0 Å². The molecule has 3 N–H and O–H groups in total. The van der Waals surface area contributed by atoms with Gasteiger partial charge in [-0.05, 0) is 31.2 Å². The number of hydrogen-bond acceptors (Lipinski definition) is 3. The van der Waals surface area contributed by atoms with Crippen LogP contribution in [0.2, 0.25) is 0 Å². The summed E-state index contributed by atoms with van der Waals surface area (Å²) in [5.41, 5.74) is 7.00. The van der Waals surface area contributed by atoms with Gasteiger partial charge in [0.15, 0.2) is 0 Å². The zero-order valence-electron chi connectivity index (χ0n) is 12.1. The van der Waals surface area contributed by atoms with Crippen LogP contribution in [-0.4, -0.2) is 25.2 Å². The molecule has 1 aromatic carbocycles. The fraction of sp³-hybridized carbons (Fsp3) is 0.562. The van der Waals surface area contributed by atoms with Crippen LogP contribution in [0.4, 0.5) is 0 Å². The Morgan fingerprint density at radius 2 is 2.10 bits per heavy atom. The van der Waals surface area contributed by atoms with E-state index in [-0.39, 0.29) is 17.6 Å². The van der Waals surface area contributed by atoms with Crippen LogP contribution < -0.4 is 11.1 Å². The van der Waals surface area contributed by atoms with Gasteiger partial charge in [-0.3, -0.25) is 4.79 Å². The van der Waals surface area contributed by atoms with Crippen LogP contribution in [0.3, 0.4) is 0 Å². The summed E-state index contributed by atoms with van der Waals surface area (Å²) in [6.07, 6.45) is 4.33. The molecule has 1 unspecified atom stereocenters. The number of methoxy groups -OCH3 is 1. The first-order valence-electron chi connectivity index (χ1n) is 7.28. The summed E-state index contributed by atoms with van der Waals surface area (Å²) in [5.74, 6) is 0.0619. The number of amides is 1. The Labute approximate surface area is 120 Å². The van der Waals surface area contributed by atoms with Gasteiger partial charge in [0, 0.05) is 19.7 Å². The van der Waals surface area contributed by atoms with Crippen molar-refractivity contribution in [1.29, 1.82) is 0 Å². The van der Waals surface area contributed by atoms with Gasteiger partial charge in [0.1, 0.15) is 0 Å². The number of carbonyl (C=O) groups is 1. The minimum Gasteiger partial charge on any atom is -0.378 e. The van der Waals surface area contributed by atoms with Crippen molar-refractivity contribution in [1.82, 2.24) is 5.32 Å². The van der Waals surface area contributed by atoms with Crippen molar-refractivity contribution < 1.29 is 9.53 Å². The van der Waals surface area contributed by atoms with E-state index in [1.54, 1.807) is 7.11 Å². The van der Waals surface area contributed by atoms with E-state index in [9.17, 15) is 4.79 Å². The minimum atomic E-state index is -0.203. The van der Waals surface area contributed by atoms with Crippen molar-refractivity contribution in [2.24, 2.45) is 5.73 Å². The number of nitrogens with two attached hydrogens (primary N) is 1. The number of rotatable bonds is 7. The monoisotopic (exact) mass is 276 g/mol. The molecule has 0 bridgehead atoms. The van der Waals surface area contributed by atoms with Gasteiger partial charge in [0.05, 0.1) is 12.0 Å². The highest BCUT2D eigenvalue weighted by molar-refractivity contribution is 5.77. The second-order valence-corrected chi connectivity index (χ2v) is 5.57. The molecule has 4 nitrogen and oxygen atoms in total. The molecule has 4 heteroatoms. The molecular formula is C16H24N2O2. The maximum absolute atomic E-state index is 11.9. The first kappa shape index (κ1) is 15.0. The van der Waals surface area contributed by atoms with Crippen molar-refractivity contribution >= 4 is 5.91 Å². The summed E-state index contributed by atoms with van der Waals surface area (Å²) in [6.45, 7) is 0.606. The van der Waals surface area contributed by atoms with E-state index >= 15 is 0 Å². The van der Waals surface area contributed by atoms with E-state index in [0.717, 1.165) is 31.2 Å². The van der Waals surface area contributed by atoms with Crippen LogP contribution in [-0.2, 0) is 9.53 Å². The second-order valence-electron chi connectivity index (χ2n) is 5.57. The van der Waals surface area contributed by atoms with Crippen LogP contribution in [0, 0.1) is 0 Å². The van der Waals surface area contributed by atoms with Crippen LogP contribution in [0.25, 0.3) is 0 Å². The number of ether oxygens (including phenoxy) is 1. The molecule has 1 aliphatic carbocycles. The summed E-state index contributed by atoms with van der Waals surface area (Å²) < 4.78 is 5.46. The van der Waals surface area contributed by atoms with Gasteiger partial charge in [-0.25, -0.2) is 0 Å². The Bertz CT molecular complexity index is 424. The molecule has 0 saturated heterocycles. The average molecular weight is 276 g/mol. The number of nitrogens with one attached hydrogen (secondary N) is 1. The molecule has 0 spiro atoms. The first-order chi connectivity index (χ1) is 9.65. The van der Waals surface area contributed by atoms with E-state index in [1.165, 1.54) is 0 Å². The predicted molar refractivity (Wildman–Crippen MR) is 79.2 cm³/mol. The maximum atomic E-state index is 11.9. The quantitative estimate of drug-likeness (QED) is 0.802. The summed E-state index contributed by atoms with van der Waals surface area (Å²) in [5, 5.41) is 2.94. The molecule has 0 radical (unpaired) electrons. The number of hydrogen-bond donors (Lipinski definition) is 2. The van der Waals surface area contributed by atoms with Gasteiger partial charge in [0.2, 0.25) is 5.91 Å². The Hall–Kier alpha value is -1.39. The van der Waals surface area contributed by atoms with E-state index in [1.807, 2.05) is 30.3 Å². The van der Waals surface area contributed by atoms with E-state index in [2.05, 4.69) is 5.32 Å². The van der Waals surface area contributed by atoms with E-state index in [4.69, 9.17) is 10.5 Å². The van der Waals surface area contributed by atoms with Gasteiger partial charge in [-0.2, -0.15) is 0 Å². The van der Waals surface area contributed by atoms with Crippen molar-refractivity contribution in [2.45, 2.75) is 43.7 Å². The van der Waals surface area contributed by atoms with E-state index in [0.29, 0.717) is 13.0 Å². The molecule has 1 fully saturated rings. The largest absolute Gasteiger partial charge is 0.378 e. The second kappa shape index (κ2) is 6.86. The van der Waals surface area contributed by atoms with Crippen molar-refractivity contribution in [3.8, 4) is 0 Å². The van der Waals surface area contributed by atoms with Gasteiger partial charge in [-0.15, -0.1) is 0 Å². The zero-order chi connectivity index (χ0) is 14.4. The third-order valence-electron chi connectivity index (χ3n) is 4.19. The highest BCUT2D eigenvalue weighted by atomic mass is 16.5. The molecule has 1 aromatic rings. The lowest BCUT2D eigenvalue weighted by atomic mass is 9.77. The minimum absolute atomic E-state index is 0.0309. The fourth-order valence-electron chi connectivity index (χ4n) is 2.61. The summed E-state index contributed by atoms with van der Waals surface area (Å²) in [4.78, 5) is 11.9. The predicted octanol–water partition coefficient (Wildman–Crippen LogP) is 2.15. The van der Waals surface area contributed by atoms with Crippen LogP contribution >= 0.6 is 0 Å². The third kappa shape index (κ3) is 3.81. The SMILES string of the molecule is COC1(CC(=O)NCCC(N)c2ccccc2)CCC1. The molecule has 2 rings (SSSR count).